The molecule has 16 aromatic rings. The molecule has 0 spiro atoms. The fourth-order valence-electron chi connectivity index (χ4n) is 14.3. The van der Waals surface area contributed by atoms with Crippen molar-refractivity contribution in [2.24, 2.45) is 0 Å². The minimum absolute atomic E-state index is 0.816. The Labute approximate surface area is 520 Å². The van der Waals surface area contributed by atoms with Gasteiger partial charge in [-0.2, -0.15) is 0 Å². The van der Waals surface area contributed by atoms with Gasteiger partial charge >= 0.3 is 0 Å². The van der Waals surface area contributed by atoms with Crippen LogP contribution in [0.15, 0.2) is 368 Å². The van der Waals surface area contributed by atoms with E-state index >= 15 is 0 Å². The van der Waals surface area contributed by atoms with Crippen molar-refractivity contribution in [3.63, 3.8) is 0 Å². The van der Waals surface area contributed by atoms with Crippen LogP contribution >= 0.6 is 0 Å². The third-order valence-electron chi connectivity index (χ3n) is 18.3. The first-order chi connectivity index (χ1) is 44.1. The lowest BCUT2D eigenvalue weighted by atomic mass is 10.00. The fraction of sp³-hybridized carbons (Fsp3) is 0. The summed E-state index contributed by atoms with van der Waals surface area (Å²) in [5, 5.41) is 19.8. The second kappa shape index (κ2) is 22.6. The van der Waals surface area contributed by atoms with E-state index in [4.69, 9.17) is 4.42 Å². The molecule has 0 aliphatic carbocycles. The Balaban J connectivity index is 0.865. The molecule has 89 heavy (non-hydrogen) atoms. The molecule has 0 saturated carbocycles. The predicted octanol–water partition coefficient (Wildman–Crippen LogP) is 16.7. The van der Waals surface area contributed by atoms with Gasteiger partial charge in [0.25, 0.3) is 0 Å². The summed E-state index contributed by atoms with van der Waals surface area (Å²) in [5.41, 5.74) is 7.90. The van der Waals surface area contributed by atoms with E-state index in [0.29, 0.717) is 0 Å². The number of benzene rings is 15. The fourth-order valence-corrected chi connectivity index (χ4v) is 23.8. The van der Waals surface area contributed by atoms with E-state index in [1.54, 1.807) is 0 Å². The monoisotopic (exact) mass is 1170 g/mol. The summed E-state index contributed by atoms with van der Waals surface area (Å²) >= 11 is 0. The highest BCUT2D eigenvalue weighted by Crippen LogP contribution is 2.46. The Morgan fingerprint density at radius 3 is 0.944 bits per heavy atom. The largest absolute Gasteiger partial charge is 0.456 e. The Morgan fingerprint density at radius 2 is 0.517 bits per heavy atom. The van der Waals surface area contributed by atoms with Crippen LogP contribution in [0.3, 0.4) is 0 Å². The number of hydrogen-bond donors (Lipinski definition) is 0. The van der Waals surface area contributed by atoms with Crippen LogP contribution in [-0.2, 0) is 0 Å². The normalized spacial score (nSPS) is 11.8. The third-order valence-corrected chi connectivity index (χ3v) is 27.9. The molecule has 16 rings (SSSR count). The predicted molar refractivity (Wildman–Crippen MR) is 383 cm³/mol. The SMILES string of the molecule is c1ccc([Si](c2ccccc2)(c2ccccc2)c2ccc(N(c3ccc4ccccc4c3)c3ccc4c(c3)oc3cc(N(c5ccc([Si](c6ccccc6)(c6ccccc6)c6ccccc6)cc5)c5ccc6ccccc6c5)c5ccccc5c34)cc2)cc1. The Morgan fingerprint density at radius 1 is 0.202 bits per heavy atom. The van der Waals surface area contributed by atoms with Gasteiger partial charge in [0.05, 0.1) is 5.69 Å². The van der Waals surface area contributed by atoms with Crippen molar-refractivity contribution in [3.05, 3.63) is 364 Å². The van der Waals surface area contributed by atoms with Crippen molar-refractivity contribution in [2.45, 2.75) is 0 Å². The average Bonchev–Trinajstić information content (AvgIpc) is 1.77. The van der Waals surface area contributed by atoms with Crippen molar-refractivity contribution in [1.82, 2.24) is 0 Å². The lowest BCUT2D eigenvalue weighted by Crippen LogP contribution is -2.74. The first kappa shape index (κ1) is 53.4. The second-order valence-electron chi connectivity index (χ2n) is 23.1. The zero-order valence-electron chi connectivity index (χ0n) is 48.9. The van der Waals surface area contributed by atoms with Gasteiger partial charge in [0.2, 0.25) is 0 Å². The van der Waals surface area contributed by atoms with Gasteiger partial charge in [-0.15, -0.1) is 0 Å². The average molecular weight is 1170 g/mol. The molecule has 0 amide bonds. The molecular weight excluding hydrogens is 1110 g/mol. The van der Waals surface area contributed by atoms with E-state index in [2.05, 4.69) is 374 Å². The van der Waals surface area contributed by atoms with Gasteiger partial charge in [-0.1, -0.05) is 291 Å². The molecule has 0 bridgehead atoms. The van der Waals surface area contributed by atoms with Gasteiger partial charge in [-0.05, 0) is 129 Å². The number of fused-ring (bicyclic) bond motifs is 7. The molecule has 0 N–H and O–H groups in total. The minimum Gasteiger partial charge on any atom is -0.456 e. The molecule has 15 aromatic carbocycles. The Hall–Kier alpha value is -11.1. The molecule has 0 atom stereocenters. The van der Waals surface area contributed by atoms with Crippen LogP contribution in [0.2, 0.25) is 0 Å². The van der Waals surface area contributed by atoms with Gasteiger partial charge in [-0.25, -0.2) is 0 Å². The quantitative estimate of drug-likeness (QED) is 0.0799. The highest BCUT2D eigenvalue weighted by atomic mass is 28.3. The summed E-state index contributed by atoms with van der Waals surface area (Å²) < 4.78 is 7.31. The summed E-state index contributed by atoms with van der Waals surface area (Å²) in [4.78, 5) is 4.82. The van der Waals surface area contributed by atoms with Crippen LogP contribution < -0.4 is 51.3 Å². The zero-order valence-corrected chi connectivity index (χ0v) is 50.9. The molecule has 3 nitrogen and oxygen atoms in total. The number of rotatable bonds is 14. The smallest absolute Gasteiger partial charge is 0.179 e. The van der Waals surface area contributed by atoms with E-state index in [1.165, 1.54) is 63.0 Å². The van der Waals surface area contributed by atoms with E-state index in [-0.39, 0.29) is 0 Å². The summed E-state index contributed by atoms with van der Waals surface area (Å²) in [5.74, 6) is 0. The summed E-state index contributed by atoms with van der Waals surface area (Å²) in [7, 11) is -5.59. The van der Waals surface area contributed by atoms with Crippen molar-refractivity contribution in [3.8, 4) is 0 Å². The maximum atomic E-state index is 7.31. The van der Waals surface area contributed by atoms with Gasteiger partial charge in [0, 0.05) is 56.7 Å². The zero-order chi connectivity index (χ0) is 59.1. The summed E-state index contributed by atoms with van der Waals surface area (Å²) in [6, 6.07) is 135. The van der Waals surface area contributed by atoms with Crippen LogP contribution in [0.4, 0.5) is 34.1 Å². The van der Waals surface area contributed by atoms with Crippen LogP contribution in [-0.4, -0.2) is 16.1 Å². The second-order valence-corrected chi connectivity index (χ2v) is 30.7. The maximum Gasteiger partial charge on any atom is 0.179 e. The molecule has 0 radical (unpaired) electrons. The van der Waals surface area contributed by atoms with E-state index in [9.17, 15) is 0 Å². The highest BCUT2D eigenvalue weighted by Gasteiger charge is 2.43. The van der Waals surface area contributed by atoms with Crippen LogP contribution in [0, 0.1) is 0 Å². The van der Waals surface area contributed by atoms with Gasteiger partial charge in [0.1, 0.15) is 11.2 Å². The Kier molecular flexibility index (Phi) is 13.6. The van der Waals surface area contributed by atoms with E-state index in [0.717, 1.165) is 66.8 Å². The van der Waals surface area contributed by atoms with Crippen molar-refractivity contribution in [2.75, 3.05) is 9.80 Å². The molecule has 0 aliphatic heterocycles. The number of anilines is 6. The van der Waals surface area contributed by atoms with Crippen LogP contribution in [0.25, 0.3) is 54.3 Å². The maximum absolute atomic E-state index is 7.31. The number of nitrogens with zero attached hydrogens (tertiary/aromatic N) is 2. The lowest BCUT2D eigenvalue weighted by Gasteiger charge is -2.35. The van der Waals surface area contributed by atoms with E-state index in [1.807, 2.05) is 0 Å². The summed E-state index contributed by atoms with van der Waals surface area (Å²) in [6.45, 7) is 0. The number of hydrogen-bond acceptors (Lipinski definition) is 3. The molecule has 420 valence electrons. The molecular formula is C84H60N2OSi2. The van der Waals surface area contributed by atoms with Gasteiger partial charge < -0.3 is 14.2 Å². The first-order valence-corrected chi connectivity index (χ1v) is 34.6. The number of furan rings is 1. The van der Waals surface area contributed by atoms with E-state index < -0.39 is 16.1 Å². The molecule has 1 heterocycles. The molecule has 0 fully saturated rings. The topological polar surface area (TPSA) is 19.6 Å². The van der Waals surface area contributed by atoms with Crippen LogP contribution in [0.5, 0.6) is 0 Å². The first-order valence-electron chi connectivity index (χ1n) is 30.6. The third kappa shape index (κ3) is 9.17. The molecule has 5 heteroatoms. The summed E-state index contributed by atoms with van der Waals surface area (Å²) in [6.07, 6.45) is 0. The standard InChI is InChI=1S/C84H60N2OSi2/c1-7-29-70(30-8-1)88(71-31-9-2-10-32-71,72-33-11-3-12-34-72)76-52-47-65(48-53-76)85(67-45-43-61-25-19-21-27-63(61)57-67)69-51-56-80-82(59-69)87-83-60-81(78-41-23-24-42-79(78)84(80)83)86(68-46-44-62-26-20-22-28-64(62)58-68)66-49-54-77(55-50-66)89(73-35-13-4-14-36-73,74-37-15-5-16-38-74)75-39-17-6-18-40-75/h1-60H. The van der Waals surface area contributed by atoms with Crippen molar-refractivity contribution in [1.29, 1.82) is 0 Å². The van der Waals surface area contributed by atoms with Gasteiger partial charge in [0.15, 0.2) is 16.1 Å². The highest BCUT2D eigenvalue weighted by molar-refractivity contribution is 7.20. The molecule has 0 aliphatic rings. The van der Waals surface area contributed by atoms with Gasteiger partial charge in [-0.3, -0.25) is 0 Å². The molecule has 0 saturated heterocycles. The molecule has 1 aromatic heterocycles. The minimum atomic E-state index is -2.80. The lowest BCUT2D eigenvalue weighted by molar-refractivity contribution is 0.669. The molecule has 0 unspecified atom stereocenters. The Bertz CT molecular complexity index is 4990. The van der Waals surface area contributed by atoms with Crippen molar-refractivity contribution >= 4 is 146 Å². The van der Waals surface area contributed by atoms with Crippen molar-refractivity contribution < 1.29 is 4.42 Å². The van der Waals surface area contributed by atoms with Crippen LogP contribution in [0.1, 0.15) is 0 Å².